The second-order valence-electron chi connectivity index (χ2n) is 6.49. The van der Waals surface area contributed by atoms with Gasteiger partial charge in [0, 0.05) is 37.0 Å². The van der Waals surface area contributed by atoms with E-state index in [-0.39, 0.29) is 5.56 Å². The Hall–Kier alpha value is -2.63. The number of anilines is 2. The summed E-state index contributed by atoms with van der Waals surface area (Å²) in [7, 11) is 2.12. The van der Waals surface area contributed by atoms with Crippen molar-refractivity contribution in [2.24, 2.45) is 0 Å². The van der Waals surface area contributed by atoms with Gasteiger partial charge >= 0.3 is 0 Å². The van der Waals surface area contributed by atoms with Crippen LogP contribution in [0, 0.1) is 0 Å². The van der Waals surface area contributed by atoms with E-state index in [1.54, 1.807) is 6.07 Å². The van der Waals surface area contributed by atoms with Crippen molar-refractivity contribution in [3.63, 3.8) is 0 Å². The van der Waals surface area contributed by atoms with Gasteiger partial charge in [-0.05, 0) is 36.9 Å². The van der Waals surface area contributed by atoms with Crippen LogP contribution in [0.1, 0.15) is 5.56 Å². The van der Waals surface area contributed by atoms with Crippen molar-refractivity contribution in [1.29, 1.82) is 0 Å². The third-order valence-corrected chi connectivity index (χ3v) is 4.96. The van der Waals surface area contributed by atoms with Crippen LogP contribution in [-0.4, -0.2) is 35.2 Å². The topological polar surface area (TPSA) is 52.2 Å². The van der Waals surface area contributed by atoms with Gasteiger partial charge in [-0.1, -0.05) is 35.9 Å². The molecule has 132 valence electrons. The smallest absolute Gasteiger partial charge is 0.264 e. The van der Waals surface area contributed by atoms with Crippen LogP contribution in [0.4, 0.5) is 11.4 Å². The monoisotopic (exact) mass is 366 g/mol. The highest BCUT2D eigenvalue weighted by Crippen LogP contribution is 2.37. The third kappa shape index (κ3) is 3.23. The van der Waals surface area contributed by atoms with Crippen LogP contribution >= 0.6 is 11.6 Å². The number of aromatic amines is 1. The summed E-state index contributed by atoms with van der Waals surface area (Å²) in [6, 6.07) is 17.4. The summed E-state index contributed by atoms with van der Waals surface area (Å²) in [5.74, 6) is 0. The molecule has 4 rings (SSSR count). The molecular weight excluding hydrogens is 348 g/mol. The molecule has 6 heteroatoms. The number of para-hydroxylation sites is 1. The van der Waals surface area contributed by atoms with Gasteiger partial charge in [-0.25, -0.2) is 5.10 Å². The van der Waals surface area contributed by atoms with Crippen molar-refractivity contribution in [2.75, 3.05) is 25.0 Å². The van der Waals surface area contributed by atoms with E-state index in [1.807, 2.05) is 30.3 Å². The van der Waals surface area contributed by atoms with Gasteiger partial charge in [0.1, 0.15) is 0 Å². The highest BCUT2D eigenvalue weighted by molar-refractivity contribution is 6.33. The number of rotatable bonds is 2. The number of H-pyrrole nitrogens is 1. The second-order valence-corrected chi connectivity index (χ2v) is 6.90. The summed E-state index contributed by atoms with van der Waals surface area (Å²) >= 11 is 6.48. The number of hydrogen-bond donors (Lipinski definition) is 1. The molecule has 3 aromatic rings. The molecule has 1 aromatic heterocycles. The minimum atomic E-state index is -0.206. The molecule has 2 aromatic carbocycles. The normalized spacial score (nSPS) is 14.8. The molecule has 0 saturated carbocycles. The fourth-order valence-electron chi connectivity index (χ4n) is 3.30. The van der Waals surface area contributed by atoms with E-state index >= 15 is 0 Å². The van der Waals surface area contributed by atoms with E-state index in [9.17, 15) is 4.79 Å². The second kappa shape index (κ2) is 6.94. The zero-order valence-corrected chi connectivity index (χ0v) is 15.2. The van der Waals surface area contributed by atoms with E-state index in [0.717, 1.165) is 47.3 Å². The standard InChI is InChI=1S/C20H19ClN4O/c1-24-10-11-25(18-5-3-2-4-16(18)21)19-12-14(6-7-15(19)13-24)17-8-9-20(26)23-22-17/h2-9,12H,10-11,13H2,1H3,(H,23,26). The van der Waals surface area contributed by atoms with Gasteiger partial charge in [0.05, 0.1) is 16.4 Å². The number of fused-ring (bicyclic) bond motifs is 1. The molecule has 0 radical (unpaired) electrons. The van der Waals surface area contributed by atoms with Gasteiger partial charge in [-0.3, -0.25) is 4.79 Å². The fraction of sp³-hybridized carbons (Fsp3) is 0.200. The van der Waals surface area contributed by atoms with Crippen LogP contribution in [0.3, 0.4) is 0 Å². The van der Waals surface area contributed by atoms with Gasteiger partial charge in [0.15, 0.2) is 0 Å². The number of hydrogen-bond acceptors (Lipinski definition) is 4. The Morgan fingerprint density at radius 3 is 2.65 bits per heavy atom. The molecule has 5 nitrogen and oxygen atoms in total. The lowest BCUT2D eigenvalue weighted by Gasteiger charge is -2.26. The van der Waals surface area contributed by atoms with Gasteiger partial charge in [0.2, 0.25) is 0 Å². The number of benzene rings is 2. The van der Waals surface area contributed by atoms with Gasteiger partial charge in [0.25, 0.3) is 5.56 Å². The highest BCUT2D eigenvalue weighted by atomic mass is 35.5. The van der Waals surface area contributed by atoms with Crippen LogP contribution in [-0.2, 0) is 6.54 Å². The van der Waals surface area contributed by atoms with E-state index in [0.29, 0.717) is 0 Å². The Bertz CT molecular complexity index is 981. The molecule has 0 spiro atoms. The van der Waals surface area contributed by atoms with E-state index in [1.165, 1.54) is 11.6 Å². The number of nitrogens with zero attached hydrogens (tertiary/aromatic N) is 3. The lowest BCUT2D eigenvalue weighted by molar-refractivity contribution is 0.343. The Morgan fingerprint density at radius 2 is 1.88 bits per heavy atom. The van der Waals surface area contributed by atoms with E-state index < -0.39 is 0 Å². The van der Waals surface area contributed by atoms with Crippen molar-refractivity contribution in [3.8, 4) is 11.3 Å². The number of nitrogens with one attached hydrogen (secondary N) is 1. The van der Waals surface area contributed by atoms with Crippen molar-refractivity contribution < 1.29 is 0 Å². The SMILES string of the molecule is CN1CCN(c2ccccc2Cl)c2cc(-c3ccc(=O)[nH]n3)ccc2C1. The Labute approximate surface area is 156 Å². The summed E-state index contributed by atoms with van der Waals surface area (Å²) in [5, 5.41) is 7.39. The number of halogens is 1. The summed E-state index contributed by atoms with van der Waals surface area (Å²) in [5.41, 5.74) is 4.84. The molecular formula is C20H19ClN4O. The van der Waals surface area contributed by atoms with Crippen molar-refractivity contribution in [2.45, 2.75) is 6.54 Å². The minimum Gasteiger partial charge on any atom is -0.339 e. The van der Waals surface area contributed by atoms with E-state index in [2.05, 4.69) is 39.2 Å². The molecule has 2 heterocycles. The quantitative estimate of drug-likeness (QED) is 0.751. The first-order chi connectivity index (χ1) is 12.6. The van der Waals surface area contributed by atoms with Gasteiger partial charge < -0.3 is 9.80 Å². The maximum Gasteiger partial charge on any atom is 0.264 e. The Morgan fingerprint density at radius 1 is 1.04 bits per heavy atom. The minimum absolute atomic E-state index is 0.206. The molecule has 0 unspecified atom stereocenters. The molecule has 0 fully saturated rings. The molecule has 1 N–H and O–H groups in total. The molecule has 0 atom stereocenters. The fourth-order valence-corrected chi connectivity index (χ4v) is 3.53. The summed E-state index contributed by atoms with van der Waals surface area (Å²) in [6.07, 6.45) is 0. The first kappa shape index (κ1) is 16.8. The van der Waals surface area contributed by atoms with Crippen LogP contribution in [0.25, 0.3) is 11.3 Å². The molecule has 1 aliphatic heterocycles. The predicted molar refractivity (Wildman–Crippen MR) is 105 cm³/mol. The number of likely N-dealkylation sites (N-methyl/N-ethyl adjacent to an activating group) is 1. The summed E-state index contributed by atoms with van der Waals surface area (Å²) in [6.45, 7) is 2.65. The van der Waals surface area contributed by atoms with Crippen molar-refractivity contribution in [3.05, 3.63) is 75.5 Å². The zero-order chi connectivity index (χ0) is 18.1. The average molecular weight is 367 g/mol. The highest BCUT2D eigenvalue weighted by Gasteiger charge is 2.21. The number of aromatic nitrogens is 2. The average Bonchev–Trinajstić information content (AvgIpc) is 2.81. The van der Waals surface area contributed by atoms with Crippen LogP contribution in [0.15, 0.2) is 59.4 Å². The lowest BCUT2D eigenvalue weighted by Crippen LogP contribution is -2.26. The van der Waals surface area contributed by atoms with Crippen LogP contribution in [0.2, 0.25) is 5.02 Å². The maximum atomic E-state index is 11.3. The maximum absolute atomic E-state index is 11.3. The van der Waals surface area contributed by atoms with Gasteiger partial charge in [-0.15, -0.1) is 0 Å². The van der Waals surface area contributed by atoms with Crippen LogP contribution in [0.5, 0.6) is 0 Å². The molecule has 0 aliphatic carbocycles. The Kier molecular flexibility index (Phi) is 4.49. The predicted octanol–water partition coefficient (Wildman–Crippen LogP) is 3.67. The largest absolute Gasteiger partial charge is 0.339 e. The lowest BCUT2D eigenvalue weighted by atomic mass is 10.0. The molecule has 0 bridgehead atoms. The third-order valence-electron chi connectivity index (χ3n) is 4.64. The first-order valence-electron chi connectivity index (χ1n) is 8.51. The molecule has 0 amide bonds. The van der Waals surface area contributed by atoms with Crippen LogP contribution < -0.4 is 10.5 Å². The molecule has 0 saturated heterocycles. The summed E-state index contributed by atoms with van der Waals surface area (Å²) in [4.78, 5) is 15.9. The Balaban J connectivity index is 1.85. The van der Waals surface area contributed by atoms with Gasteiger partial charge in [-0.2, -0.15) is 5.10 Å². The van der Waals surface area contributed by atoms with Crippen molar-refractivity contribution >= 4 is 23.0 Å². The molecule has 1 aliphatic rings. The molecule has 26 heavy (non-hydrogen) atoms. The van der Waals surface area contributed by atoms with Crippen molar-refractivity contribution in [1.82, 2.24) is 15.1 Å². The summed E-state index contributed by atoms with van der Waals surface area (Å²) < 4.78 is 0. The van der Waals surface area contributed by atoms with E-state index in [4.69, 9.17) is 11.6 Å². The first-order valence-corrected chi connectivity index (χ1v) is 8.89. The zero-order valence-electron chi connectivity index (χ0n) is 14.4.